The first-order chi connectivity index (χ1) is 58.4. The van der Waals surface area contributed by atoms with Crippen LogP contribution in [0.2, 0.25) is 5.02 Å². The number of hydrogen-bond donors (Lipinski definition) is 3. The predicted molar refractivity (Wildman–Crippen MR) is 452 cm³/mol. The number of pyridine rings is 6. The van der Waals surface area contributed by atoms with Crippen molar-refractivity contribution in [1.29, 1.82) is 0 Å². The summed E-state index contributed by atoms with van der Waals surface area (Å²) in [6, 6.07) is 41.3. The van der Waals surface area contributed by atoms with Crippen molar-refractivity contribution in [2.75, 3.05) is 54.0 Å². The van der Waals surface area contributed by atoms with Gasteiger partial charge in [0.2, 0.25) is 5.95 Å². The zero-order valence-electron chi connectivity index (χ0n) is 67.7. The average molecular weight is 1620 g/mol. The molecule has 32 heteroatoms. The van der Waals surface area contributed by atoms with Gasteiger partial charge in [-0.2, -0.15) is 29.9 Å². The Morgan fingerprint density at radius 3 is 0.983 bits per heavy atom. The lowest BCUT2D eigenvalue weighted by atomic mass is 9.87. The first-order valence-corrected chi connectivity index (χ1v) is 41.0. The number of nitrogens with one attached hydrogen (secondary N) is 3. The first-order valence-electron chi connectivity index (χ1n) is 40.7. The first kappa shape index (κ1) is 76.9. The number of anilines is 3. The largest absolute Gasteiger partial charge is 0.353 e. The number of aromatic amines is 3. The number of rotatable bonds is 21. The Labute approximate surface area is 697 Å². The number of piperidine rings is 3. The normalized spacial score (nSPS) is 18.6. The molecule has 15 aromatic heterocycles. The molecular weight excluding hydrogens is 1530 g/mol. The molecule has 606 valence electrons. The highest BCUT2D eigenvalue weighted by Gasteiger charge is 2.47. The zero-order valence-corrected chi connectivity index (χ0v) is 68.5. The fourth-order valence-electron chi connectivity index (χ4n) is 17.3. The summed E-state index contributed by atoms with van der Waals surface area (Å²) in [5.41, 5.74) is 19.1. The maximum Gasteiger partial charge on any atom is 0.233 e. The summed E-state index contributed by atoms with van der Waals surface area (Å²) < 4.78 is 18.2. The molecule has 24 heterocycles. The molecule has 6 atom stereocenters. The van der Waals surface area contributed by atoms with E-state index in [9.17, 15) is 4.39 Å². The van der Waals surface area contributed by atoms with Crippen LogP contribution in [0.5, 0.6) is 0 Å². The van der Waals surface area contributed by atoms with Gasteiger partial charge in [-0.05, 0) is 181 Å². The minimum atomic E-state index is -0.512. The molecule has 3 N–H and O–H groups in total. The van der Waals surface area contributed by atoms with Crippen LogP contribution in [0.15, 0.2) is 183 Å². The lowest BCUT2D eigenvalue weighted by Gasteiger charge is -2.56. The Morgan fingerprint density at radius 1 is 0.358 bits per heavy atom. The number of halogens is 2. The van der Waals surface area contributed by atoms with E-state index in [0.717, 1.165) is 184 Å². The van der Waals surface area contributed by atoms with Gasteiger partial charge in [-0.1, -0.05) is 29.8 Å². The number of hydrogen-bond acceptors (Lipinski definition) is 24. The van der Waals surface area contributed by atoms with Crippen molar-refractivity contribution in [1.82, 2.24) is 134 Å². The molecule has 9 saturated heterocycles. The van der Waals surface area contributed by atoms with Gasteiger partial charge in [0.05, 0.1) is 57.8 Å². The summed E-state index contributed by atoms with van der Waals surface area (Å²) in [6.07, 6.45) is 25.9. The second kappa shape index (κ2) is 33.0. The summed E-state index contributed by atoms with van der Waals surface area (Å²) in [4.78, 5) is 71.4. The fraction of sp³-hybridized carbons (Fsp3) is 0.318. The van der Waals surface area contributed by atoms with Crippen LogP contribution in [0.1, 0.15) is 110 Å². The van der Waals surface area contributed by atoms with Gasteiger partial charge in [-0.3, -0.25) is 30.0 Å². The van der Waals surface area contributed by atoms with E-state index in [1.54, 1.807) is 23.3 Å². The molecule has 0 aromatic carbocycles. The molecule has 9 fully saturated rings. The van der Waals surface area contributed by atoms with Gasteiger partial charge >= 0.3 is 0 Å². The maximum absolute atomic E-state index is 13.2. The Morgan fingerprint density at radius 2 is 0.700 bits per heavy atom. The molecule has 0 radical (unpaired) electrons. The van der Waals surface area contributed by atoms with Gasteiger partial charge in [-0.15, -0.1) is 5.10 Å². The highest BCUT2D eigenvalue weighted by atomic mass is 35.5. The quantitative estimate of drug-likeness (QED) is 0.0602. The number of nitrogens with zero attached hydrogens (tertiary/aromatic N) is 27. The van der Waals surface area contributed by atoms with E-state index >= 15 is 0 Å². The molecule has 0 aliphatic carbocycles. The second-order valence-electron chi connectivity index (χ2n) is 32.4. The second-order valence-corrected chi connectivity index (χ2v) is 32.9. The van der Waals surface area contributed by atoms with E-state index in [1.165, 1.54) is 41.1 Å². The fourth-order valence-corrected chi connectivity index (χ4v) is 17.4. The Kier molecular flexibility index (Phi) is 21.1. The molecule has 0 spiro atoms. The number of piperazine rings is 3. The number of H-pyrrole nitrogens is 3. The Hall–Kier alpha value is -13.1. The molecule has 0 amide bonds. The summed E-state index contributed by atoms with van der Waals surface area (Å²) in [5, 5.41) is 35.0. The SMILES string of the molecule is Cc1cc(Cc2cc(C)[nH]n2)nc(-c2ccc(N3CC4CC(C3)N4Cc3ccc(-n4cc(Cl)cn4)nc3)nc2)n1.Cc1cc(Cc2cc(C)[nH]n2)nc(-c2ccc(N3CC4CC(C3)N4Cc3ccc(-n4ccc(F)n4)nc3)nc2)n1.Cc1cnn(-c2ccc(CN3C4CC3CN(c3ccc(-c5nc(C)cc(Cc6cc(C)[nH]n6)n5)cn3)C4)cn2)c1. The molecular formula is C88H90ClFN30. The third-order valence-electron chi connectivity index (χ3n) is 23.2. The molecule has 9 aliphatic rings. The molecule has 24 rings (SSSR count). The van der Waals surface area contributed by atoms with Crippen molar-refractivity contribution in [3.05, 3.63) is 285 Å². The van der Waals surface area contributed by atoms with E-state index in [2.05, 4.69) is 154 Å². The third kappa shape index (κ3) is 17.2. The van der Waals surface area contributed by atoms with Crippen LogP contribution in [-0.2, 0) is 38.9 Å². The van der Waals surface area contributed by atoms with Gasteiger partial charge in [0, 0.05) is 221 Å². The van der Waals surface area contributed by atoms with Crippen molar-refractivity contribution in [2.24, 2.45) is 0 Å². The Balaban J connectivity index is 0.000000119. The standard InChI is InChI=1S/C30H32N10.C29H29ClN10.C29H29FN10/c1-19-12-33-40(15-19)29-6-4-22(13-31-29)16-39-26-11-27(39)18-38(17-26)28-7-5-23(14-32-28)30-34-20(2)8-24(35-30)10-25-9-21(3)36-37-25;1-18-7-23(9-24-8-19(2)36-37-24)35-29(34-18)21-4-6-27(32-12-21)38-16-25-10-26(17-38)39(25)14-20-3-5-28(31-11-20)40-15-22(30)13-33-40;1-18-9-22(11-23-10-19(2)35-36-23)34-29(33-18)21-4-6-27(32-14-21)38-16-24-12-25(17-38)39(24)15-20-3-5-28(31-13-20)40-8-7-26(30)37-40/h4-9,12-15,26-27H,10-11,16-18H2,1-3H3,(H,36,37);3-8,11-13,15,25-26H,9-10,14,16-17H2,1-2H3,(H,36,37);3-10,13-14,24-25H,11-12,15-17H2,1-2H3,(H,35,36). The average Bonchev–Trinajstić information content (AvgIpc) is 0.975. The van der Waals surface area contributed by atoms with Gasteiger partial charge < -0.3 is 14.7 Å². The Bertz CT molecular complexity index is 5480. The van der Waals surface area contributed by atoms with Crippen LogP contribution in [0.25, 0.3) is 51.6 Å². The van der Waals surface area contributed by atoms with E-state index in [0.29, 0.717) is 83.8 Å². The molecule has 30 nitrogen and oxygen atoms in total. The van der Waals surface area contributed by atoms with Crippen LogP contribution in [0, 0.1) is 54.4 Å². The summed E-state index contributed by atoms with van der Waals surface area (Å²) in [5.74, 6) is 6.79. The number of fused-ring (bicyclic) bond motifs is 6. The minimum absolute atomic E-state index is 0.480. The van der Waals surface area contributed by atoms with Gasteiger partial charge in [0.1, 0.15) is 17.5 Å². The van der Waals surface area contributed by atoms with Crippen LogP contribution in [-0.4, -0.2) is 210 Å². The predicted octanol–water partition coefficient (Wildman–Crippen LogP) is 11.6. The topological polar surface area (TPSA) is 314 Å². The monoisotopic (exact) mass is 1620 g/mol. The van der Waals surface area contributed by atoms with E-state index < -0.39 is 5.95 Å². The minimum Gasteiger partial charge on any atom is -0.353 e. The van der Waals surface area contributed by atoms with Crippen LogP contribution in [0.4, 0.5) is 21.8 Å². The van der Waals surface area contributed by atoms with Crippen LogP contribution in [0.3, 0.4) is 0 Å². The van der Waals surface area contributed by atoms with E-state index in [4.69, 9.17) is 41.5 Å². The molecule has 6 unspecified atom stereocenters. The van der Waals surface area contributed by atoms with E-state index in [-0.39, 0.29) is 0 Å². The maximum atomic E-state index is 13.2. The van der Waals surface area contributed by atoms with E-state index in [1.807, 2.05) is 163 Å². The van der Waals surface area contributed by atoms with Crippen molar-refractivity contribution in [2.45, 2.75) is 143 Å². The summed E-state index contributed by atoms with van der Waals surface area (Å²) in [7, 11) is 0. The molecule has 9 aliphatic heterocycles. The molecule has 15 aromatic rings. The lowest BCUT2D eigenvalue weighted by molar-refractivity contribution is -0.00877. The summed E-state index contributed by atoms with van der Waals surface area (Å²) >= 11 is 5.99. The number of aryl methyl sites for hydroxylation is 7. The van der Waals surface area contributed by atoms with Crippen LogP contribution >= 0.6 is 11.6 Å². The smallest absolute Gasteiger partial charge is 0.233 e. The summed E-state index contributed by atoms with van der Waals surface area (Å²) in [6.45, 7) is 22.5. The highest BCUT2D eigenvalue weighted by molar-refractivity contribution is 6.30. The third-order valence-corrected chi connectivity index (χ3v) is 23.4. The van der Waals surface area contributed by atoms with Gasteiger partial charge in [-0.25, -0.2) is 73.9 Å². The molecule has 0 saturated carbocycles. The van der Waals surface area contributed by atoms with Gasteiger partial charge in [0.25, 0.3) is 0 Å². The molecule has 6 bridgehead atoms. The zero-order chi connectivity index (χ0) is 81.6. The van der Waals surface area contributed by atoms with Crippen LogP contribution < -0.4 is 14.7 Å². The van der Waals surface area contributed by atoms with Crippen molar-refractivity contribution in [3.8, 4) is 51.6 Å². The lowest BCUT2D eigenvalue weighted by Crippen LogP contribution is -2.68. The molecule has 120 heavy (non-hydrogen) atoms. The van der Waals surface area contributed by atoms with Gasteiger partial charge in [0.15, 0.2) is 34.9 Å². The highest BCUT2D eigenvalue weighted by Crippen LogP contribution is 2.40. The van der Waals surface area contributed by atoms with Crippen molar-refractivity contribution < 1.29 is 4.39 Å². The van der Waals surface area contributed by atoms with Crippen molar-refractivity contribution >= 4 is 29.1 Å². The van der Waals surface area contributed by atoms with Crippen molar-refractivity contribution in [3.63, 3.8) is 0 Å². The number of aromatic nitrogens is 24.